The average Bonchev–Trinajstić information content (AvgIpc) is 2.56. The van der Waals surface area contributed by atoms with Crippen molar-refractivity contribution >= 4 is 39.1 Å². The maximum absolute atomic E-state index is 12.8. The number of hydrogen-bond donors (Lipinski definition) is 1. The van der Waals surface area contributed by atoms with Gasteiger partial charge in [-0.2, -0.15) is 4.31 Å². The second-order valence-corrected chi connectivity index (χ2v) is 8.90. The van der Waals surface area contributed by atoms with E-state index in [0.29, 0.717) is 0 Å². The normalized spacial score (nSPS) is 17.0. The average molecular weight is 408 g/mol. The molecule has 0 bridgehead atoms. The van der Waals surface area contributed by atoms with Crippen LogP contribution in [0.3, 0.4) is 0 Å². The van der Waals surface area contributed by atoms with Crippen LogP contribution in [0.15, 0.2) is 23.1 Å². The fourth-order valence-corrected chi connectivity index (χ4v) is 4.91. The van der Waals surface area contributed by atoms with Gasteiger partial charge in [0, 0.05) is 17.6 Å². The number of benzene rings is 1. The van der Waals surface area contributed by atoms with Crippen LogP contribution in [-0.2, 0) is 14.8 Å². The van der Waals surface area contributed by atoms with Crippen LogP contribution >= 0.6 is 23.2 Å². The largest absolute Gasteiger partial charge is 0.352 e. The summed E-state index contributed by atoms with van der Waals surface area (Å²) in [6.45, 7) is 3.43. The minimum Gasteiger partial charge on any atom is -0.352 e. The van der Waals surface area contributed by atoms with Gasteiger partial charge in [-0.3, -0.25) is 4.79 Å². The fourth-order valence-electron chi connectivity index (χ4n) is 2.77. The van der Waals surface area contributed by atoms with Gasteiger partial charge in [0.25, 0.3) is 0 Å². The summed E-state index contributed by atoms with van der Waals surface area (Å²) in [4.78, 5) is 14.4. The molecule has 1 saturated heterocycles. The number of likely N-dealkylation sites (tertiary alicyclic amines) is 1. The van der Waals surface area contributed by atoms with Crippen LogP contribution in [-0.4, -0.2) is 62.8 Å². The molecule has 6 nitrogen and oxygen atoms in total. The molecule has 1 fully saturated rings. The van der Waals surface area contributed by atoms with E-state index in [4.69, 9.17) is 23.2 Å². The van der Waals surface area contributed by atoms with E-state index >= 15 is 0 Å². The topological polar surface area (TPSA) is 69.7 Å². The Hall–Kier alpha value is -0.860. The quantitative estimate of drug-likeness (QED) is 0.784. The van der Waals surface area contributed by atoms with Crippen molar-refractivity contribution in [3.8, 4) is 0 Å². The third-order valence-corrected chi connectivity index (χ3v) is 6.90. The van der Waals surface area contributed by atoms with Gasteiger partial charge in [0.1, 0.15) is 4.90 Å². The molecular weight excluding hydrogens is 385 g/mol. The summed E-state index contributed by atoms with van der Waals surface area (Å²) in [6, 6.07) is 4.34. The molecule has 0 radical (unpaired) electrons. The van der Waals surface area contributed by atoms with Gasteiger partial charge in [0.2, 0.25) is 15.9 Å². The van der Waals surface area contributed by atoms with Crippen molar-refractivity contribution in [1.29, 1.82) is 0 Å². The summed E-state index contributed by atoms with van der Waals surface area (Å²) < 4.78 is 26.7. The highest BCUT2D eigenvalue weighted by molar-refractivity contribution is 7.89. The van der Waals surface area contributed by atoms with Gasteiger partial charge in [-0.15, -0.1) is 0 Å². The zero-order valence-corrected chi connectivity index (χ0v) is 16.7. The molecule has 0 saturated carbocycles. The summed E-state index contributed by atoms with van der Waals surface area (Å²) in [5, 5.41) is 3.28. The van der Waals surface area contributed by atoms with Crippen LogP contribution in [0.4, 0.5) is 0 Å². The van der Waals surface area contributed by atoms with Crippen molar-refractivity contribution in [3.05, 3.63) is 28.2 Å². The molecule has 1 N–H and O–H groups in total. The molecule has 1 aliphatic heterocycles. The van der Waals surface area contributed by atoms with Gasteiger partial charge in [0.05, 0.1) is 11.6 Å². The SMILES string of the molecule is CCN(CC(=O)NC1CCN(C)CC1)S(=O)(=O)c1cc(Cl)ccc1Cl. The number of carbonyl (C=O) groups excluding carboxylic acids is 1. The zero-order chi connectivity index (χ0) is 18.6. The molecular formula is C16H23Cl2N3O3S. The lowest BCUT2D eigenvalue weighted by Gasteiger charge is -2.30. The Bertz CT molecular complexity index is 719. The Labute approximate surface area is 159 Å². The number of amides is 1. The summed E-state index contributed by atoms with van der Waals surface area (Å²) >= 11 is 11.9. The maximum Gasteiger partial charge on any atom is 0.245 e. The summed E-state index contributed by atoms with van der Waals surface area (Å²) in [7, 11) is -1.86. The number of nitrogens with zero attached hydrogens (tertiary/aromatic N) is 2. The molecule has 9 heteroatoms. The second-order valence-electron chi connectivity index (χ2n) is 6.15. The van der Waals surface area contributed by atoms with Crippen molar-refractivity contribution in [1.82, 2.24) is 14.5 Å². The lowest BCUT2D eigenvalue weighted by molar-refractivity contribution is -0.122. The predicted molar refractivity (Wildman–Crippen MR) is 99.6 cm³/mol. The summed E-state index contributed by atoms with van der Waals surface area (Å²) in [6.07, 6.45) is 1.72. The standard InChI is InChI=1S/C16H23Cl2N3O3S/c1-3-21(11-16(22)19-13-6-8-20(2)9-7-13)25(23,24)15-10-12(17)4-5-14(15)18/h4-5,10,13H,3,6-9,11H2,1-2H3,(H,19,22). The Morgan fingerprint density at radius 2 is 1.96 bits per heavy atom. The third-order valence-electron chi connectivity index (χ3n) is 4.27. The van der Waals surface area contributed by atoms with Gasteiger partial charge in [-0.1, -0.05) is 30.1 Å². The number of piperidine rings is 1. The second kappa shape index (κ2) is 8.68. The van der Waals surface area contributed by atoms with E-state index in [-0.39, 0.29) is 40.0 Å². The van der Waals surface area contributed by atoms with Gasteiger partial charge >= 0.3 is 0 Å². The molecule has 1 heterocycles. The highest BCUT2D eigenvalue weighted by Gasteiger charge is 2.28. The molecule has 0 aliphatic carbocycles. The van der Waals surface area contributed by atoms with Crippen LogP contribution in [0.25, 0.3) is 0 Å². The smallest absolute Gasteiger partial charge is 0.245 e. The minimum atomic E-state index is -3.90. The number of nitrogens with one attached hydrogen (secondary N) is 1. The number of halogens is 2. The molecule has 140 valence electrons. The number of sulfonamides is 1. The predicted octanol–water partition coefficient (Wildman–Crippen LogP) is 2.21. The molecule has 0 aromatic heterocycles. The molecule has 0 atom stereocenters. The lowest BCUT2D eigenvalue weighted by Crippen LogP contribution is -2.47. The van der Waals surface area contributed by atoms with E-state index in [2.05, 4.69) is 10.2 Å². The van der Waals surface area contributed by atoms with E-state index in [1.807, 2.05) is 7.05 Å². The van der Waals surface area contributed by atoms with Crippen LogP contribution in [0.2, 0.25) is 10.0 Å². The molecule has 25 heavy (non-hydrogen) atoms. The molecule has 2 rings (SSSR count). The summed E-state index contributed by atoms with van der Waals surface area (Å²) in [5.41, 5.74) is 0. The Morgan fingerprint density at radius 3 is 2.56 bits per heavy atom. The third kappa shape index (κ3) is 5.31. The zero-order valence-electron chi connectivity index (χ0n) is 14.3. The first-order valence-corrected chi connectivity index (χ1v) is 10.4. The molecule has 0 unspecified atom stereocenters. The van der Waals surface area contributed by atoms with Crippen molar-refractivity contribution in [2.45, 2.75) is 30.7 Å². The van der Waals surface area contributed by atoms with Crippen LogP contribution in [0, 0.1) is 0 Å². The fraction of sp³-hybridized carbons (Fsp3) is 0.562. The highest BCUT2D eigenvalue weighted by Crippen LogP contribution is 2.27. The molecule has 1 amide bonds. The number of carbonyl (C=O) groups is 1. The monoisotopic (exact) mass is 407 g/mol. The lowest BCUT2D eigenvalue weighted by atomic mass is 10.1. The number of likely N-dealkylation sites (N-methyl/N-ethyl adjacent to an activating group) is 1. The van der Waals surface area contributed by atoms with Crippen molar-refractivity contribution in [2.75, 3.05) is 33.2 Å². The van der Waals surface area contributed by atoms with E-state index in [1.54, 1.807) is 6.92 Å². The van der Waals surface area contributed by atoms with Gasteiger partial charge in [0.15, 0.2) is 0 Å². The molecule has 1 aromatic rings. The van der Waals surface area contributed by atoms with Crippen molar-refractivity contribution in [3.63, 3.8) is 0 Å². The van der Waals surface area contributed by atoms with Gasteiger partial charge < -0.3 is 10.2 Å². The Kier molecular flexibility index (Phi) is 7.10. The number of hydrogen-bond acceptors (Lipinski definition) is 4. The van der Waals surface area contributed by atoms with Gasteiger partial charge in [-0.05, 0) is 51.2 Å². The first-order valence-electron chi connectivity index (χ1n) is 8.17. The number of rotatable bonds is 6. The van der Waals surface area contributed by atoms with Crippen LogP contribution < -0.4 is 5.32 Å². The van der Waals surface area contributed by atoms with Crippen LogP contribution in [0.1, 0.15) is 19.8 Å². The van der Waals surface area contributed by atoms with Crippen molar-refractivity contribution < 1.29 is 13.2 Å². The Balaban J connectivity index is 2.07. The van der Waals surface area contributed by atoms with Crippen molar-refractivity contribution in [2.24, 2.45) is 0 Å². The van der Waals surface area contributed by atoms with E-state index in [9.17, 15) is 13.2 Å². The molecule has 1 aliphatic rings. The first kappa shape index (κ1) is 20.5. The summed E-state index contributed by atoms with van der Waals surface area (Å²) in [5.74, 6) is -0.307. The molecule has 0 spiro atoms. The van der Waals surface area contributed by atoms with Gasteiger partial charge in [-0.25, -0.2) is 8.42 Å². The maximum atomic E-state index is 12.8. The van der Waals surface area contributed by atoms with E-state index in [1.165, 1.54) is 18.2 Å². The van der Waals surface area contributed by atoms with E-state index in [0.717, 1.165) is 30.2 Å². The Morgan fingerprint density at radius 1 is 1.32 bits per heavy atom. The first-order chi connectivity index (χ1) is 11.7. The molecule has 1 aromatic carbocycles. The minimum absolute atomic E-state index is 0.0820. The van der Waals surface area contributed by atoms with Crippen LogP contribution in [0.5, 0.6) is 0 Å². The van der Waals surface area contributed by atoms with E-state index < -0.39 is 10.0 Å². The highest BCUT2D eigenvalue weighted by atomic mass is 35.5.